The molecular formula is C16H22N2. The highest BCUT2D eigenvalue weighted by molar-refractivity contribution is 5.93. The lowest BCUT2D eigenvalue weighted by atomic mass is 10.00. The van der Waals surface area contributed by atoms with E-state index in [0.717, 1.165) is 5.52 Å². The molecule has 0 aliphatic rings. The van der Waals surface area contributed by atoms with Crippen LogP contribution in [0.25, 0.3) is 10.9 Å². The molecule has 1 aromatic heterocycles. The molecule has 0 bridgehead atoms. The maximum atomic E-state index is 4.47. The van der Waals surface area contributed by atoms with E-state index in [9.17, 15) is 0 Å². The van der Waals surface area contributed by atoms with Gasteiger partial charge < -0.3 is 5.32 Å². The predicted molar refractivity (Wildman–Crippen MR) is 79.0 cm³/mol. The van der Waals surface area contributed by atoms with Crippen LogP contribution in [0, 0.1) is 12.8 Å². The van der Waals surface area contributed by atoms with Gasteiger partial charge >= 0.3 is 0 Å². The molecule has 1 aromatic carbocycles. The van der Waals surface area contributed by atoms with E-state index >= 15 is 0 Å². The number of hydrogen-bond donors (Lipinski definition) is 1. The van der Waals surface area contributed by atoms with Crippen LogP contribution in [0.5, 0.6) is 0 Å². The van der Waals surface area contributed by atoms with Crippen LogP contribution in [0.4, 0.5) is 5.69 Å². The van der Waals surface area contributed by atoms with Crippen molar-refractivity contribution in [3.05, 3.63) is 36.0 Å². The van der Waals surface area contributed by atoms with Gasteiger partial charge in [-0.2, -0.15) is 0 Å². The number of rotatable bonds is 4. The molecule has 2 unspecified atom stereocenters. The second-order valence-electron chi connectivity index (χ2n) is 5.15. The molecule has 2 heteroatoms. The smallest absolute Gasteiger partial charge is 0.0751 e. The third-order valence-corrected chi connectivity index (χ3v) is 3.85. The highest BCUT2D eigenvalue weighted by atomic mass is 14.9. The van der Waals surface area contributed by atoms with Crippen molar-refractivity contribution in [1.29, 1.82) is 0 Å². The summed E-state index contributed by atoms with van der Waals surface area (Å²) in [6.45, 7) is 8.87. The summed E-state index contributed by atoms with van der Waals surface area (Å²) in [5.74, 6) is 0.665. The van der Waals surface area contributed by atoms with Crippen LogP contribution >= 0.6 is 0 Å². The number of benzene rings is 1. The summed E-state index contributed by atoms with van der Waals surface area (Å²) in [7, 11) is 0. The lowest BCUT2D eigenvalue weighted by Gasteiger charge is -2.22. The summed E-state index contributed by atoms with van der Waals surface area (Å²) in [6.07, 6.45) is 3.05. The standard InChI is InChI=1S/C16H22N2/c1-5-11(2)13(4)18-15-9-8-12(3)16-14(15)7-6-10-17-16/h6-11,13,18H,5H2,1-4H3. The molecule has 18 heavy (non-hydrogen) atoms. The van der Waals surface area contributed by atoms with E-state index in [4.69, 9.17) is 0 Å². The van der Waals surface area contributed by atoms with Gasteiger partial charge in [0.15, 0.2) is 0 Å². The van der Waals surface area contributed by atoms with Crippen LogP contribution in [0.3, 0.4) is 0 Å². The minimum atomic E-state index is 0.473. The number of anilines is 1. The predicted octanol–water partition coefficient (Wildman–Crippen LogP) is 4.39. The Kier molecular flexibility index (Phi) is 3.85. The summed E-state index contributed by atoms with van der Waals surface area (Å²) in [5.41, 5.74) is 3.52. The first kappa shape index (κ1) is 12.9. The molecule has 96 valence electrons. The van der Waals surface area contributed by atoms with E-state index < -0.39 is 0 Å². The number of hydrogen-bond acceptors (Lipinski definition) is 2. The highest BCUT2D eigenvalue weighted by Crippen LogP contribution is 2.26. The van der Waals surface area contributed by atoms with Gasteiger partial charge in [0.05, 0.1) is 5.52 Å². The fraction of sp³-hybridized carbons (Fsp3) is 0.438. The molecule has 0 fully saturated rings. The zero-order valence-electron chi connectivity index (χ0n) is 11.7. The molecule has 1 heterocycles. The molecule has 0 saturated carbocycles. The van der Waals surface area contributed by atoms with Crippen molar-refractivity contribution in [2.24, 2.45) is 5.92 Å². The summed E-state index contributed by atoms with van der Waals surface area (Å²) in [4.78, 5) is 4.47. The number of pyridine rings is 1. The Morgan fingerprint density at radius 2 is 2.00 bits per heavy atom. The van der Waals surface area contributed by atoms with Crippen LogP contribution in [0.2, 0.25) is 0 Å². The fourth-order valence-electron chi connectivity index (χ4n) is 2.18. The van der Waals surface area contributed by atoms with Gasteiger partial charge in [-0.1, -0.05) is 26.3 Å². The van der Waals surface area contributed by atoms with Crippen molar-refractivity contribution in [3.63, 3.8) is 0 Å². The number of nitrogens with zero attached hydrogens (tertiary/aromatic N) is 1. The van der Waals surface area contributed by atoms with E-state index in [0.29, 0.717) is 12.0 Å². The second kappa shape index (κ2) is 5.38. The zero-order valence-corrected chi connectivity index (χ0v) is 11.7. The van der Waals surface area contributed by atoms with Crippen molar-refractivity contribution in [1.82, 2.24) is 4.98 Å². The third kappa shape index (κ3) is 2.47. The summed E-state index contributed by atoms with van der Waals surface area (Å²) >= 11 is 0. The van der Waals surface area contributed by atoms with Crippen molar-refractivity contribution >= 4 is 16.6 Å². The van der Waals surface area contributed by atoms with Crippen molar-refractivity contribution < 1.29 is 0 Å². The topological polar surface area (TPSA) is 24.9 Å². The molecule has 0 aliphatic carbocycles. The molecule has 1 N–H and O–H groups in total. The monoisotopic (exact) mass is 242 g/mol. The normalized spacial score (nSPS) is 14.4. The Morgan fingerprint density at radius 1 is 1.22 bits per heavy atom. The molecule has 0 aliphatic heterocycles. The molecule has 0 spiro atoms. The van der Waals surface area contributed by atoms with Crippen LogP contribution in [0.15, 0.2) is 30.5 Å². The Hall–Kier alpha value is -1.57. The summed E-state index contributed by atoms with van der Waals surface area (Å²) in [6, 6.07) is 8.92. The van der Waals surface area contributed by atoms with Crippen LogP contribution in [-0.4, -0.2) is 11.0 Å². The van der Waals surface area contributed by atoms with Gasteiger partial charge in [0.2, 0.25) is 0 Å². The van der Waals surface area contributed by atoms with Gasteiger partial charge in [-0.3, -0.25) is 4.98 Å². The van der Waals surface area contributed by atoms with Crippen molar-refractivity contribution in [3.8, 4) is 0 Å². The molecule has 0 radical (unpaired) electrons. The molecule has 2 rings (SSSR count). The van der Waals surface area contributed by atoms with Gasteiger partial charge in [-0.05, 0) is 43.5 Å². The average Bonchev–Trinajstić information content (AvgIpc) is 2.41. The zero-order chi connectivity index (χ0) is 13.1. The number of fused-ring (bicyclic) bond motifs is 1. The first-order chi connectivity index (χ1) is 8.63. The van der Waals surface area contributed by atoms with E-state index in [1.807, 2.05) is 12.3 Å². The summed E-state index contributed by atoms with van der Waals surface area (Å²) in [5, 5.41) is 4.84. The van der Waals surface area contributed by atoms with Gasteiger partial charge in [0.1, 0.15) is 0 Å². The van der Waals surface area contributed by atoms with Gasteiger partial charge in [-0.25, -0.2) is 0 Å². The Balaban J connectivity index is 2.37. The molecule has 2 atom stereocenters. The maximum absolute atomic E-state index is 4.47. The minimum Gasteiger partial charge on any atom is -0.382 e. The van der Waals surface area contributed by atoms with Crippen LogP contribution in [-0.2, 0) is 0 Å². The van der Waals surface area contributed by atoms with Crippen molar-refractivity contribution in [2.75, 3.05) is 5.32 Å². The maximum Gasteiger partial charge on any atom is 0.0751 e. The number of aryl methyl sites for hydroxylation is 1. The number of nitrogens with one attached hydrogen (secondary N) is 1. The van der Waals surface area contributed by atoms with E-state index in [1.165, 1.54) is 23.1 Å². The van der Waals surface area contributed by atoms with Crippen molar-refractivity contribution in [2.45, 2.75) is 40.2 Å². The number of aromatic nitrogens is 1. The van der Waals surface area contributed by atoms with E-state index in [-0.39, 0.29) is 0 Å². The largest absolute Gasteiger partial charge is 0.382 e. The molecular weight excluding hydrogens is 220 g/mol. The minimum absolute atomic E-state index is 0.473. The lowest BCUT2D eigenvalue weighted by Crippen LogP contribution is -2.23. The SMILES string of the molecule is CCC(C)C(C)Nc1ccc(C)c2ncccc12. The van der Waals surface area contributed by atoms with Crippen LogP contribution < -0.4 is 5.32 Å². The first-order valence-corrected chi connectivity index (χ1v) is 6.74. The first-order valence-electron chi connectivity index (χ1n) is 6.74. The lowest BCUT2D eigenvalue weighted by molar-refractivity contribution is 0.495. The highest BCUT2D eigenvalue weighted by Gasteiger charge is 2.11. The fourth-order valence-corrected chi connectivity index (χ4v) is 2.18. The Bertz CT molecular complexity index is 534. The molecule has 2 nitrogen and oxygen atoms in total. The van der Waals surface area contributed by atoms with Gasteiger partial charge in [0.25, 0.3) is 0 Å². The molecule has 0 saturated heterocycles. The Labute approximate surface area is 109 Å². The quantitative estimate of drug-likeness (QED) is 0.860. The van der Waals surface area contributed by atoms with Crippen LogP contribution in [0.1, 0.15) is 32.8 Å². The Morgan fingerprint density at radius 3 is 2.72 bits per heavy atom. The second-order valence-corrected chi connectivity index (χ2v) is 5.15. The third-order valence-electron chi connectivity index (χ3n) is 3.85. The molecule has 0 amide bonds. The average molecular weight is 242 g/mol. The molecule has 2 aromatic rings. The van der Waals surface area contributed by atoms with Gasteiger partial charge in [0, 0.05) is 23.3 Å². The van der Waals surface area contributed by atoms with Gasteiger partial charge in [-0.15, -0.1) is 0 Å². The van der Waals surface area contributed by atoms with E-state index in [1.54, 1.807) is 0 Å². The van der Waals surface area contributed by atoms with E-state index in [2.05, 4.69) is 56.2 Å². The summed E-state index contributed by atoms with van der Waals surface area (Å²) < 4.78 is 0.